The van der Waals surface area contributed by atoms with E-state index in [2.05, 4.69) is 9.97 Å². The number of amides is 4. The zero-order valence-electron chi connectivity index (χ0n) is 31.5. The average Bonchev–Trinajstić information content (AvgIpc) is 4.02. The summed E-state index contributed by atoms with van der Waals surface area (Å²) in [5.41, 5.74) is 6.48. The Bertz CT molecular complexity index is 2860. The van der Waals surface area contributed by atoms with E-state index in [0.717, 1.165) is 16.6 Å². The highest BCUT2D eigenvalue weighted by molar-refractivity contribution is 6.24. The number of hydrogen-bond acceptors (Lipinski definition) is 10. The number of rotatable bonds is 6. The first-order valence-corrected chi connectivity index (χ1v) is 19.5. The van der Waals surface area contributed by atoms with Gasteiger partial charge in [0.1, 0.15) is 11.0 Å². The number of hydrogen-bond donors (Lipinski definition) is 1. The van der Waals surface area contributed by atoms with E-state index in [-0.39, 0.29) is 41.5 Å². The molecule has 2 aliphatic carbocycles. The van der Waals surface area contributed by atoms with Crippen molar-refractivity contribution in [2.75, 3.05) is 16.9 Å². The molecule has 0 spiro atoms. The molecule has 12 heteroatoms. The molecule has 6 unspecified atom stereocenters. The summed E-state index contributed by atoms with van der Waals surface area (Å²) in [6.45, 7) is 0. The van der Waals surface area contributed by atoms with Crippen LogP contribution >= 0.6 is 0 Å². The van der Waals surface area contributed by atoms with Crippen LogP contribution in [0.4, 0.5) is 11.4 Å². The highest BCUT2D eigenvalue weighted by Gasteiger charge is 2.62. The lowest BCUT2D eigenvalue weighted by atomic mass is 9.57. The summed E-state index contributed by atoms with van der Waals surface area (Å²) in [5.74, 6) is -4.45. The molecule has 11 rings (SSSR count). The number of anilines is 2. The number of para-hydroxylation sites is 4. The molecule has 1 N–H and O–H groups in total. The number of carbonyl (C=O) groups excluding carboxylic acids is 4. The van der Waals surface area contributed by atoms with E-state index >= 15 is 0 Å². The van der Waals surface area contributed by atoms with Crippen LogP contribution < -0.4 is 14.5 Å². The summed E-state index contributed by atoms with van der Waals surface area (Å²) in [5, 5.41) is 10.5. The maximum atomic E-state index is 14.7. The zero-order valence-corrected chi connectivity index (χ0v) is 31.5. The fraction of sp³-hybridized carbons (Fsp3) is 0.191. The number of methoxy groups -OCH3 is 1. The van der Waals surface area contributed by atoms with Gasteiger partial charge in [0.25, 0.3) is 0 Å². The van der Waals surface area contributed by atoms with Crippen LogP contribution in [0.1, 0.15) is 24.3 Å². The van der Waals surface area contributed by atoms with Gasteiger partial charge in [-0.05, 0) is 109 Å². The predicted octanol–water partition coefficient (Wildman–Crippen LogP) is 8.06. The quantitative estimate of drug-likeness (QED) is 0.129. The Labute approximate surface area is 336 Å². The lowest BCUT2D eigenvalue weighted by molar-refractivity contribution is -0.126. The molecule has 6 atom stereocenters. The van der Waals surface area contributed by atoms with Gasteiger partial charge in [-0.25, -0.2) is 9.97 Å². The summed E-state index contributed by atoms with van der Waals surface area (Å²) >= 11 is 0. The molecule has 59 heavy (non-hydrogen) atoms. The van der Waals surface area contributed by atoms with Crippen LogP contribution in [0.25, 0.3) is 45.1 Å². The summed E-state index contributed by atoms with van der Waals surface area (Å²) in [4.78, 5) is 69.8. The molecule has 4 aliphatic rings. The highest BCUT2D eigenvalue weighted by Crippen LogP contribution is 2.59. The van der Waals surface area contributed by atoms with Gasteiger partial charge in [0.15, 0.2) is 22.7 Å². The van der Waals surface area contributed by atoms with Crippen LogP contribution in [-0.2, 0) is 19.2 Å². The van der Waals surface area contributed by atoms with Crippen molar-refractivity contribution in [1.82, 2.24) is 9.97 Å². The van der Waals surface area contributed by atoms with Gasteiger partial charge in [0, 0.05) is 17.0 Å². The Hall–Kier alpha value is -7.34. The Morgan fingerprint density at radius 2 is 1.17 bits per heavy atom. The predicted molar refractivity (Wildman–Crippen MR) is 216 cm³/mol. The molecule has 2 aliphatic heterocycles. The average molecular weight is 783 g/mol. The van der Waals surface area contributed by atoms with Crippen molar-refractivity contribution >= 4 is 57.2 Å². The Balaban J connectivity index is 0.933. The van der Waals surface area contributed by atoms with E-state index < -0.39 is 35.5 Å². The van der Waals surface area contributed by atoms with Crippen LogP contribution in [-0.4, -0.2) is 45.8 Å². The van der Waals surface area contributed by atoms with Crippen molar-refractivity contribution in [3.63, 3.8) is 0 Å². The number of fused-ring (bicyclic) bond motifs is 6. The first kappa shape index (κ1) is 34.9. The fourth-order valence-electron chi connectivity index (χ4n) is 9.86. The van der Waals surface area contributed by atoms with E-state index in [9.17, 15) is 24.3 Å². The van der Waals surface area contributed by atoms with E-state index in [0.29, 0.717) is 57.4 Å². The number of benzene rings is 5. The number of allylic oxidation sites excluding steroid dienone is 2. The van der Waals surface area contributed by atoms with Gasteiger partial charge in [-0.15, -0.1) is 0 Å². The second-order valence-electron chi connectivity index (χ2n) is 15.5. The first-order chi connectivity index (χ1) is 28.8. The Morgan fingerprint density at radius 3 is 1.73 bits per heavy atom. The van der Waals surface area contributed by atoms with Crippen LogP contribution in [0.2, 0.25) is 0 Å². The normalized spacial score (nSPS) is 23.8. The lowest BCUT2D eigenvalue weighted by Gasteiger charge is -2.44. The number of aromatic nitrogens is 2. The first-order valence-electron chi connectivity index (χ1n) is 19.5. The Morgan fingerprint density at radius 1 is 0.627 bits per heavy atom. The number of carbonyl (C=O) groups is 4. The minimum absolute atomic E-state index is 0.0679. The molecule has 0 radical (unpaired) electrons. The number of oxazole rings is 2. The third-order valence-electron chi connectivity index (χ3n) is 12.5. The van der Waals surface area contributed by atoms with E-state index in [1.165, 1.54) is 23.0 Å². The standard InChI is InChI=1S/C47H34N4O8/c1-57-38-22-26(14-21-35(38)52)39-29-19-20-30-40(46(55)50(44(30)53)27-15-10-24(11-16-27)42-48-33-6-2-4-8-36(33)58-42)31(29)23-32-41(39)47(56)51(45(32)54)28-17-12-25(13-18-28)43-49-34-7-3-5-9-37(34)59-43/h2-19,21-22,30-32,39-41,52H,20,23H2,1H3. The summed E-state index contributed by atoms with van der Waals surface area (Å²) in [6, 6.07) is 33.8. The van der Waals surface area contributed by atoms with E-state index in [1.807, 2.05) is 54.6 Å². The van der Waals surface area contributed by atoms with Crippen LogP contribution in [0.5, 0.6) is 11.5 Å². The number of ether oxygens (including phenoxy) is 1. The number of imide groups is 2. The third kappa shape index (κ3) is 5.28. The smallest absolute Gasteiger partial charge is 0.238 e. The van der Waals surface area contributed by atoms with Crippen LogP contribution in [0.15, 0.2) is 136 Å². The maximum Gasteiger partial charge on any atom is 0.238 e. The molecule has 12 nitrogen and oxygen atoms in total. The minimum Gasteiger partial charge on any atom is -0.504 e. The molecule has 5 aromatic carbocycles. The monoisotopic (exact) mass is 782 g/mol. The molecule has 3 fully saturated rings. The summed E-state index contributed by atoms with van der Waals surface area (Å²) in [6.07, 6.45) is 2.51. The van der Waals surface area contributed by atoms with Crippen molar-refractivity contribution in [2.45, 2.75) is 18.8 Å². The maximum absolute atomic E-state index is 14.7. The van der Waals surface area contributed by atoms with Crippen molar-refractivity contribution < 1.29 is 37.9 Å². The molecule has 4 amide bonds. The highest BCUT2D eigenvalue weighted by atomic mass is 16.5. The molecule has 1 saturated carbocycles. The van der Waals surface area contributed by atoms with E-state index in [1.54, 1.807) is 60.7 Å². The topological polar surface area (TPSA) is 156 Å². The SMILES string of the molecule is COc1cc(C2C3=CCC4C(=O)N(c5ccc(-c6nc7ccccc7o6)cc5)C(=O)C4C3CC3C(=O)N(c4ccc(-c5nc6ccccc6o5)cc4)C(=O)C32)ccc1O. The molecular formula is C47H34N4O8. The third-order valence-corrected chi connectivity index (χ3v) is 12.5. The van der Waals surface area contributed by atoms with Crippen LogP contribution in [0, 0.1) is 29.6 Å². The molecule has 4 heterocycles. The second kappa shape index (κ2) is 13.1. The van der Waals surface area contributed by atoms with Gasteiger partial charge in [0.2, 0.25) is 35.4 Å². The summed E-state index contributed by atoms with van der Waals surface area (Å²) in [7, 11) is 1.45. The summed E-state index contributed by atoms with van der Waals surface area (Å²) < 4.78 is 17.4. The second-order valence-corrected chi connectivity index (χ2v) is 15.5. The van der Waals surface area contributed by atoms with Gasteiger partial charge < -0.3 is 18.7 Å². The molecule has 2 aromatic heterocycles. The largest absolute Gasteiger partial charge is 0.504 e. The molecule has 0 bridgehead atoms. The van der Waals surface area contributed by atoms with Gasteiger partial charge in [-0.1, -0.05) is 42.0 Å². The zero-order chi connectivity index (χ0) is 40.1. The van der Waals surface area contributed by atoms with Crippen molar-refractivity contribution in [2.24, 2.45) is 29.6 Å². The number of phenols is 1. The molecular weight excluding hydrogens is 749 g/mol. The van der Waals surface area contributed by atoms with E-state index in [4.69, 9.17) is 13.6 Å². The van der Waals surface area contributed by atoms with Gasteiger partial charge in [-0.3, -0.25) is 29.0 Å². The van der Waals surface area contributed by atoms with Crippen LogP contribution in [0.3, 0.4) is 0 Å². The van der Waals surface area contributed by atoms with Crippen molar-refractivity contribution in [3.05, 3.63) is 132 Å². The number of nitrogens with zero attached hydrogens (tertiary/aromatic N) is 4. The van der Waals surface area contributed by atoms with Gasteiger partial charge in [-0.2, -0.15) is 0 Å². The number of phenolic OH excluding ortho intramolecular Hbond substituents is 1. The fourth-order valence-corrected chi connectivity index (χ4v) is 9.86. The van der Waals surface area contributed by atoms with Crippen molar-refractivity contribution in [3.8, 4) is 34.4 Å². The Kier molecular flexibility index (Phi) is 7.74. The molecule has 290 valence electrons. The van der Waals surface area contributed by atoms with Gasteiger partial charge in [0.05, 0.1) is 42.2 Å². The number of aromatic hydroxyl groups is 1. The molecule has 2 saturated heterocycles. The van der Waals surface area contributed by atoms with Crippen molar-refractivity contribution in [1.29, 1.82) is 0 Å². The lowest BCUT2D eigenvalue weighted by Crippen LogP contribution is -2.43. The molecule has 7 aromatic rings. The minimum atomic E-state index is -0.796. The van der Waals surface area contributed by atoms with Gasteiger partial charge >= 0.3 is 0 Å².